The Morgan fingerprint density at radius 1 is 0.933 bits per heavy atom. The summed E-state index contributed by atoms with van der Waals surface area (Å²) in [5.41, 5.74) is 3.23. The van der Waals surface area contributed by atoms with Gasteiger partial charge in [-0.15, -0.1) is 0 Å². The summed E-state index contributed by atoms with van der Waals surface area (Å²) in [6.45, 7) is 2.01. The third-order valence-electron chi connectivity index (χ3n) is 4.98. The highest BCUT2D eigenvalue weighted by Gasteiger charge is 2.17. The van der Waals surface area contributed by atoms with Gasteiger partial charge in [0.05, 0.1) is 5.56 Å². The molecule has 3 aromatic carbocycles. The monoisotopic (exact) mass is 413 g/mol. The van der Waals surface area contributed by atoms with Gasteiger partial charge in [0, 0.05) is 33.2 Å². The fourth-order valence-corrected chi connectivity index (χ4v) is 3.63. The number of halogens is 1. The van der Waals surface area contributed by atoms with Crippen LogP contribution in [-0.4, -0.2) is 14.7 Å². The van der Waals surface area contributed by atoms with E-state index in [1.165, 1.54) is 0 Å². The summed E-state index contributed by atoms with van der Waals surface area (Å²) in [7, 11) is 0. The molecule has 0 atom stereocenters. The normalized spacial score (nSPS) is 11.1. The van der Waals surface area contributed by atoms with E-state index in [2.05, 4.69) is 10.1 Å². The SMILES string of the molecule is Cc1ccc(-n2cc(-c3nc(-c4cccc(Cl)c4)no3)c3ccccc3c2=O)cc1. The number of aryl methyl sites for hydroxylation is 1. The molecule has 0 spiro atoms. The minimum atomic E-state index is -0.104. The first-order chi connectivity index (χ1) is 14.6. The molecule has 0 fully saturated rings. The molecule has 5 nitrogen and oxygen atoms in total. The minimum absolute atomic E-state index is 0.104. The highest BCUT2D eigenvalue weighted by Crippen LogP contribution is 2.29. The van der Waals surface area contributed by atoms with Gasteiger partial charge < -0.3 is 4.52 Å². The highest BCUT2D eigenvalue weighted by atomic mass is 35.5. The van der Waals surface area contributed by atoms with Gasteiger partial charge in [-0.25, -0.2) is 0 Å². The van der Waals surface area contributed by atoms with Crippen LogP contribution >= 0.6 is 11.6 Å². The molecule has 0 aliphatic rings. The summed E-state index contributed by atoms with van der Waals surface area (Å²) in [4.78, 5) is 17.7. The Morgan fingerprint density at radius 2 is 1.70 bits per heavy atom. The molecule has 0 amide bonds. The van der Waals surface area contributed by atoms with E-state index in [1.54, 1.807) is 29.0 Å². The van der Waals surface area contributed by atoms with Crippen LogP contribution in [-0.2, 0) is 0 Å². The first-order valence-electron chi connectivity index (χ1n) is 9.41. The van der Waals surface area contributed by atoms with E-state index in [0.29, 0.717) is 27.7 Å². The molecule has 2 aromatic heterocycles. The molecule has 0 aliphatic carbocycles. The molecule has 0 saturated heterocycles. The van der Waals surface area contributed by atoms with Gasteiger partial charge in [0.2, 0.25) is 5.82 Å². The van der Waals surface area contributed by atoms with Gasteiger partial charge in [-0.2, -0.15) is 4.98 Å². The van der Waals surface area contributed by atoms with Gasteiger partial charge in [-0.1, -0.05) is 64.8 Å². The average Bonchev–Trinajstić information content (AvgIpc) is 3.25. The third kappa shape index (κ3) is 3.19. The van der Waals surface area contributed by atoms with Crippen LogP contribution < -0.4 is 5.56 Å². The molecule has 0 radical (unpaired) electrons. The van der Waals surface area contributed by atoms with E-state index in [0.717, 1.165) is 22.2 Å². The van der Waals surface area contributed by atoms with Crippen LogP contribution in [0.1, 0.15) is 5.56 Å². The number of hydrogen-bond donors (Lipinski definition) is 0. The van der Waals surface area contributed by atoms with E-state index in [9.17, 15) is 4.79 Å². The Bertz CT molecular complexity index is 1440. The standard InChI is InChI=1S/C24H16ClN3O2/c1-15-9-11-18(12-10-15)28-14-21(19-7-2-3-8-20(19)24(28)29)23-26-22(27-30-23)16-5-4-6-17(25)13-16/h2-14H,1H3. The first-order valence-corrected chi connectivity index (χ1v) is 9.79. The molecule has 0 saturated carbocycles. The summed E-state index contributed by atoms with van der Waals surface area (Å²) in [5, 5.41) is 6.05. The van der Waals surface area contributed by atoms with Crippen molar-refractivity contribution in [1.82, 2.24) is 14.7 Å². The van der Waals surface area contributed by atoms with Crippen molar-refractivity contribution in [1.29, 1.82) is 0 Å². The smallest absolute Gasteiger partial charge is 0.262 e. The molecule has 0 aliphatic heterocycles. The lowest BCUT2D eigenvalue weighted by Crippen LogP contribution is -2.18. The number of rotatable bonds is 3. The highest BCUT2D eigenvalue weighted by molar-refractivity contribution is 6.30. The largest absolute Gasteiger partial charge is 0.334 e. The van der Waals surface area contributed by atoms with Crippen LogP contribution in [0.4, 0.5) is 0 Å². The third-order valence-corrected chi connectivity index (χ3v) is 5.21. The molecule has 2 heterocycles. The van der Waals surface area contributed by atoms with Gasteiger partial charge >= 0.3 is 0 Å². The predicted octanol–water partition coefficient (Wildman–Crippen LogP) is 5.67. The van der Waals surface area contributed by atoms with Crippen LogP contribution in [0, 0.1) is 6.92 Å². The minimum Gasteiger partial charge on any atom is -0.334 e. The molecule has 0 bridgehead atoms. The number of nitrogens with zero attached hydrogens (tertiary/aromatic N) is 3. The van der Waals surface area contributed by atoms with Crippen LogP contribution in [0.25, 0.3) is 39.3 Å². The second-order valence-corrected chi connectivity index (χ2v) is 7.47. The van der Waals surface area contributed by atoms with Gasteiger partial charge in [0.1, 0.15) is 0 Å². The molecular weight excluding hydrogens is 398 g/mol. The number of aromatic nitrogens is 3. The molecule has 5 aromatic rings. The zero-order chi connectivity index (χ0) is 20.7. The maximum atomic E-state index is 13.1. The molecule has 6 heteroatoms. The van der Waals surface area contributed by atoms with Crippen LogP contribution in [0.5, 0.6) is 0 Å². The quantitative estimate of drug-likeness (QED) is 0.382. The van der Waals surface area contributed by atoms with E-state index in [1.807, 2.05) is 61.5 Å². The van der Waals surface area contributed by atoms with E-state index >= 15 is 0 Å². The lowest BCUT2D eigenvalue weighted by Gasteiger charge is -2.10. The van der Waals surface area contributed by atoms with Crippen molar-refractivity contribution >= 4 is 22.4 Å². The van der Waals surface area contributed by atoms with Crippen molar-refractivity contribution in [2.45, 2.75) is 6.92 Å². The van der Waals surface area contributed by atoms with Crippen molar-refractivity contribution < 1.29 is 4.52 Å². The van der Waals surface area contributed by atoms with Gasteiger partial charge in [0.15, 0.2) is 0 Å². The number of hydrogen-bond acceptors (Lipinski definition) is 4. The first kappa shape index (κ1) is 18.3. The van der Waals surface area contributed by atoms with Crippen LogP contribution in [0.2, 0.25) is 5.02 Å². The summed E-state index contributed by atoms with van der Waals surface area (Å²) in [6.07, 6.45) is 1.75. The van der Waals surface area contributed by atoms with E-state index < -0.39 is 0 Å². The molecule has 0 N–H and O–H groups in total. The zero-order valence-corrected chi connectivity index (χ0v) is 16.8. The Labute approximate surface area is 177 Å². The van der Waals surface area contributed by atoms with E-state index in [-0.39, 0.29) is 5.56 Å². The molecule has 146 valence electrons. The molecule has 5 rings (SSSR count). The van der Waals surface area contributed by atoms with Crippen LogP contribution in [0.3, 0.4) is 0 Å². The number of pyridine rings is 1. The zero-order valence-electron chi connectivity index (χ0n) is 16.0. The van der Waals surface area contributed by atoms with Crippen molar-refractivity contribution in [3.63, 3.8) is 0 Å². The fourth-order valence-electron chi connectivity index (χ4n) is 3.44. The molecule has 0 unspecified atom stereocenters. The van der Waals surface area contributed by atoms with Crippen molar-refractivity contribution in [2.24, 2.45) is 0 Å². The Kier molecular flexibility index (Phi) is 4.45. The number of benzene rings is 3. The van der Waals surface area contributed by atoms with Crippen molar-refractivity contribution in [2.75, 3.05) is 0 Å². The predicted molar refractivity (Wildman–Crippen MR) is 118 cm³/mol. The molecule has 30 heavy (non-hydrogen) atoms. The second kappa shape index (κ2) is 7.28. The van der Waals surface area contributed by atoms with E-state index in [4.69, 9.17) is 16.1 Å². The van der Waals surface area contributed by atoms with Crippen molar-refractivity contribution in [3.05, 3.63) is 99.9 Å². The van der Waals surface area contributed by atoms with Crippen LogP contribution in [0.15, 0.2) is 88.3 Å². The summed E-state index contributed by atoms with van der Waals surface area (Å²) in [5.74, 6) is 0.770. The lowest BCUT2D eigenvalue weighted by atomic mass is 10.1. The number of fused-ring (bicyclic) bond motifs is 1. The average molecular weight is 414 g/mol. The Balaban J connectivity index is 1.72. The Hall–Kier alpha value is -3.70. The van der Waals surface area contributed by atoms with Gasteiger partial charge in [-0.3, -0.25) is 9.36 Å². The fraction of sp³-hybridized carbons (Fsp3) is 0.0417. The maximum absolute atomic E-state index is 13.1. The lowest BCUT2D eigenvalue weighted by molar-refractivity contribution is 0.432. The summed E-state index contributed by atoms with van der Waals surface area (Å²) < 4.78 is 7.19. The second-order valence-electron chi connectivity index (χ2n) is 7.03. The molecular formula is C24H16ClN3O2. The van der Waals surface area contributed by atoms with Gasteiger partial charge in [0.25, 0.3) is 11.4 Å². The van der Waals surface area contributed by atoms with Gasteiger partial charge in [-0.05, 0) is 37.3 Å². The topological polar surface area (TPSA) is 60.9 Å². The maximum Gasteiger partial charge on any atom is 0.262 e. The summed E-state index contributed by atoms with van der Waals surface area (Å²) in [6, 6.07) is 22.5. The Morgan fingerprint density at radius 3 is 2.47 bits per heavy atom. The summed E-state index contributed by atoms with van der Waals surface area (Å²) >= 11 is 6.09. The van der Waals surface area contributed by atoms with Crippen molar-refractivity contribution in [3.8, 4) is 28.5 Å².